The number of aromatic nitrogens is 1. The lowest BCUT2D eigenvalue weighted by molar-refractivity contribution is -0.139. The predicted molar refractivity (Wildman–Crippen MR) is 135 cm³/mol. The molecule has 1 saturated heterocycles. The molecule has 0 bridgehead atoms. The van der Waals surface area contributed by atoms with Crippen molar-refractivity contribution in [1.82, 2.24) is 20.5 Å². The van der Waals surface area contributed by atoms with Gasteiger partial charge in [-0.1, -0.05) is 24.3 Å². The summed E-state index contributed by atoms with van der Waals surface area (Å²) in [7, 11) is 1.56. The molecule has 1 aliphatic rings. The molecule has 0 spiro atoms. The fourth-order valence-corrected chi connectivity index (χ4v) is 4.35. The second kappa shape index (κ2) is 12.1. The molecule has 2 N–H and O–H groups in total. The Labute approximate surface area is 210 Å². The number of carbonyl (C=O) groups is 2. The van der Waals surface area contributed by atoms with E-state index in [-0.39, 0.29) is 24.9 Å². The molecule has 1 fully saturated rings. The van der Waals surface area contributed by atoms with E-state index in [0.717, 1.165) is 43.0 Å². The molecule has 2 heterocycles. The maximum atomic E-state index is 13.3. The van der Waals surface area contributed by atoms with Crippen LogP contribution in [-0.2, 0) is 16.1 Å². The molecule has 1 aliphatic heterocycles. The van der Waals surface area contributed by atoms with Crippen LogP contribution in [0.2, 0.25) is 0 Å². The Morgan fingerprint density at radius 2 is 1.69 bits per heavy atom. The van der Waals surface area contributed by atoms with Crippen LogP contribution in [0.15, 0.2) is 73.1 Å². The van der Waals surface area contributed by atoms with Crippen molar-refractivity contribution in [1.29, 1.82) is 0 Å². The third-order valence-electron chi connectivity index (χ3n) is 6.31. The number of methoxy groups -OCH3 is 1. The highest BCUT2D eigenvalue weighted by Crippen LogP contribution is 2.24. The summed E-state index contributed by atoms with van der Waals surface area (Å²) < 4.78 is 18.6. The van der Waals surface area contributed by atoms with Gasteiger partial charge in [-0.15, -0.1) is 0 Å². The minimum atomic E-state index is -0.702. The fraction of sp³-hybridized carbons (Fsp3) is 0.296. The van der Waals surface area contributed by atoms with Crippen LogP contribution in [0.5, 0.6) is 5.75 Å². The third kappa shape index (κ3) is 6.37. The molecule has 8 nitrogen and oxygen atoms in total. The summed E-state index contributed by atoms with van der Waals surface area (Å²) in [6.07, 6.45) is 3.49. The van der Waals surface area contributed by atoms with Gasteiger partial charge in [-0.25, -0.2) is 4.39 Å². The second-order valence-electron chi connectivity index (χ2n) is 8.51. The van der Waals surface area contributed by atoms with Crippen LogP contribution < -0.4 is 20.3 Å². The lowest BCUT2D eigenvalue weighted by atomic mass is 10.1. The van der Waals surface area contributed by atoms with Gasteiger partial charge in [0.2, 0.25) is 0 Å². The zero-order valence-corrected chi connectivity index (χ0v) is 20.2. The normalized spacial score (nSPS) is 14.7. The minimum absolute atomic E-state index is 0.139. The lowest BCUT2D eigenvalue weighted by Gasteiger charge is -2.40. The van der Waals surface area contributed by atoms with Gasteiger partial charge in [0.15, 0.2) is 0 Å². The molecule has 188 valence electrons. The Kier molecular flexibility index (Phi) is 8.46. The molecule has 2 aromatic carbocycles. The molecule has 2 amide bonds. The SMILES string of the molecule is COc1ccccc1CNC(=O)C(=O)NC[C@@H](c1cccnc1)N1CCN(c2ccc(F)cc2)CC1. The number of carbonyl (C=O) groups excluding carboxylic acids is 2. The Balaban J connectivity index is 1.35. The van der Waals surface area contributed by atoms with Gasteiger partial charge in [0.25, 0.3) is 0 Å². The lowest BCUT2D eigenvalue weighted by Crippen LogP contribution is -2.50. The van der Waals surface area contributed by atoms with Crippen LogP contribution in [0, 0.1) is 5.82 Å². The summed E-state index contributed by atoms with van der Waals surface area (Å²) in [5.41, 5.74) is 2.73. The minimum Gasteiger partial charge on any atom is -0.496 e. The van der Waals surface area contributed by atoms with Gasteiger partial charge in [-0.3, -0.25) is 19.5 Å². The average Bonchev–Trinajstić information content (AvgIpc) is 2.93. The van der Waals surface area contributed by atoms with E-state index in [4.69, 9.17) is 4.74 Å². The molecule has 0 saturated carbocycles. The zero-order chi connectivity index (χ0) is 25.3. The van der Waals surface area contributed by atoms with Gasteiger partial charge in [-0.05, 0) is 42.0 Å². The fourth-order valence-electron chi connectivity index (χ4n) is 4.35. The first-order valence-electron chi connectivity index (χ1n) is 11.9. The highest BCUT2D eigenvalue weighted by Gasteiger charge is 2.27. The van der Waals surface area contributed by atoms with Gasteiger partial charge >= 0.3 is 11.8 Å². The number of halogens is 1. The zero-order valence-electron chi connectivity index (χ0n) is 20.2. The van der Waals surface area contributed by atoms with E-state index in [1.165, 1.54) is 12.1 Å². The van der Waals surface area contributed by atoms with Crippen LogP contribution in [0.1, 0.15) is 17.2 Å². The number of piperazine rings is 1. The number of nitrogens with one attached hydrogen (secondary N) is 2. The third-order valence-corrected chi connectivity index (χ3v) is 6.31. The van der Waals surface area contributed by atoms with E-state index in [2.05, 4.69) is 25.4 Å². The van der Waals surface area contributed by atoms with Gasteiger partial charge < -0.3 is 20.3 Å². The Hall–Kier alpha value is -3.98. The molecule has 0 unspecified atom stereocenters. The first kappa shape index (κ1) is 25.1. The molecule has 3 aromatic rings. The van der Waals surface area contributed by atoms with Crippen LogP contribution in [0.3, 0.4) is 0 Å². The van der Waals surface area contributed by atoms with Crippen molar-refractivity contribution < 1.29 is 18.7 Å². The van der Waals surface area contributed by atoms with Gasteiger partial charge in [-0.2, -0.15) is 0 Å². The number of para-hydroxylation sites is 1. The highest BCUT2D eigenvalue weighted by atomic mass is 19.1. The monoisotopic (exact) mass is 491 g/mol. The number of benzene rings is 2. The molecule has 0 aliphatic carbocycles. The molecule has 9 heteroatoms. The van der Waals surface area contributed by atoms with Crippen molar-refractivity contribution in [2.24, 2.45) is 0 Å². The summed E-state index contributed by atoms with van der Waals surface area (Å²) in [6, 6.07) is 17.5. The van der Waals surface area contributed by atoms with E-state index in [9.17, 15) is 14.0 Å². The molecule has 1 aromatic heterocycles. The topological polar surface area (TPSA) is 86.8 Å². The first-order valence-corrected chi connectivity index (χ1v) is 11.9. The number of amides is 2. The van der Waals surface area contributed by atoms with Crippen molar-refractivity contribution in [2.75, 3.05) is 44.7 Å². The number of nitrogens with zero attached hydrogens (tertiary/aromatic N) is 3. The van der Waals surface area contributed by atoms with Crippen molar-refractivity contribution in [2.45, 2.75) is 12.6 Å². The summed E-state index contributed by atoms with van der Waals surface area (Å²) in [4.78, 5) is 33.7. The number of ether oxygens (including phenoxy) is 1. The van der Waals surface area contributed by atoms with Crippen LogP contribution >= 0.6 is 0 Å². The van der Waals surface area contributed by atoms with Crippen molar-refractivity contribution in [3.63, 3.8) is 0 Å². The van der Waals surface area contributed by atoms with E-state index in [1.807, 2.05) is 30.3 Å². The van der Waals surface area contributed by atoms with Gasteiger partial charge in [0, 0.05) is 62.9 Å². The van der Waals surface area contributed by atoms with Crippen LogP contribution in [0.4, 0.5) is 10.1 Å². The van der Waals surface area contributed by atoms with Gasteiger partial charge in [0.05, 0.1) is 13.2 Å². The van der Waals surface area contributed by atoms with Crippen LogP contribution in [0.25, 0.3) is 0 Å². The van der Waals surface area contributed by atoms with Crippen molar-refractivity contribution in [3.8, 4) is 5.75 Å². The number of rotatable bonds is 8. The van der Waals surface area contributed by atoms with Crippen molar-refractivity contribution >= 4 is 17.5 Å². The average molecular weight is 492 g/mol. The quantitative estimate of drug-likeness (QED) is 0.471. The second-order valence-corrected chi connectivity index (χ2v) is 8.51. The van der Waals surface area contributed by atoms with E-state index < -0.39 is 11.8 Å². The maximum absolute atomic E-state index is 13.3. The maximum Gasteiger partial charge on any atom is 0.309 e. The van der Waals surface area contributed by atoms with Crippen molar-refractivity contribution in [3.05, 3.63) is 90.0 Å². The first-order chi connectivity index (χ1) is 17.5. The predicted octanol–water partition coefficient (Wildman–Crippen LogP) is 2.53. The smallest absolute Gasteiger partial charge is 0.309 e. The summed E-state index contributed by atoms with van der Waals surface area (Å²) in [6.45, 7) is 3.46. The summed E-state index contributed by atoms with van der Waals surface area (Å²) in [5.74, 6) is -0.998. The summed E-state index contributed by atoms with van der Waals surface area (Å²) >= 11 is 0. The highest BCUT2D eigenvalue weighted by molar-refractivity contribution is 6.35. The Morgan fingerprint density at radius 1 is 0.972 bits per heavy atom. The molecule has 0 radical (unpaired) electrons. The molecular weight excluding hydrogens is 461 g/mol. The van der Waals surface area contributed by atoms with E-state index >= 15 is 0 Å². The number of hydrogen-bond donors (Lipinski definition) is 2. The molecule has 1 atom stereocenters. The summed E-state index contributed by atoms with van der Waals surface area (Å²) in [5, 5.41) is 5.44. The Morgan fingerprint density at radius 3 is 2.39 bits per heavy atom. The van der Waals surface area contributed by atoms with Gasteiger partial charge in [0.1, 0.15) is 11.6 Å². The number of pyridine rings is 1. The molecule has 36 heavy (non-hydrogen) atoms. The molecule has 4 rings (SSSR count). The number of hydrogen-bond acceptors (Lipinski definition) is 6. The van der Waals surface area contributed by atoms with E-state index in [1.54, 1.807) is 37.7 Å². The van der Waals surface area contributed by atoms with E-state index in [0.29, 0.717) is 5.75 Å². The molecular formula is C27H30FN5O3. The number of anilines is 1. The standard InChI is InChI=1S/C27H30FN5O3/c1-36-25-7-3-2-5-21(25)18-30-26(34)27(35)31-19-24(20-6-4-12-29-17-20)33-15-13-32(14-16-33)23-10-8-22(28)9-11-23/h2-12,17,24H,13-16,18-19H2,1H3,(H,30,34)(H,31,35)/t24-/m0/s1. The Bertz CT molecular complexity index is 1150. The van der Waals surface area contributed by atoms with Crippen LogP contribution in [-0.4, -0.2) is 61.5 Å². The largest absolute Gasteiger partial charge is 0.496 e.